The van der Waals surface area contributed by atoms with Crippen LogP contribution >= 0.6 is 0 Å². The Balaban J connectivity index is 1.99. The van der Waals surface area contributed by atoms with Crippen LogP contribution in [0.2, 0.25) is 0 Å². The first-order valence-electron chi connectivity index (χ1n) is 9.71. The van der Waals surface area contributed by atoms with Crippen LogP contribution in [0.15, 0.2) is 51.2 Å². The van der Waals surface area contributed by atoms with Gasteiger partial charge in [0.1, 0.15) is 17.1 Å². The highest BCUT2D eigenvalue weighted by molar-refractivity contribution is 6.06. The molecule has 0 bridgehead atoms. The number of allylic oxidation sites excluding steroid dienone is 2. The number of carbonyl (C=O) groups excluding carboxylic acids is 1. The molecule has 1 heterocycles. The van der Waals surface area contributed by atoms with Crippen molar-refractivity contribution in [2.24, 2.45) is 0 Å². The number of ether oxygens (including phenoxy) is 2. The number of aromatic hydroxyl groups is 1. The van der Waals surface area contributed by atoms with Gasteiger partial charge in [-0.2, -0.15) is 0 Å². The standard InChI is InChI=1S/C24H25NO6/c1-13(2)6-7-15-12-16(8-10-19(15)30-5)23(27)25-20-21(26)17-9-11-18(29-4)14(3)22(17)31-24(20)28/h6,8-12,26H,7H2,1-5H3,(H,25,27). The van der Waals surface area contributed by atoms with Crippen molar-refractivity contribution in [3.63, 3.8) is 0 Å². The lowest BCUT2D eigenvalue weighted by molar-refractivity contribution is 0.102. The average Bonchev–Trinajstić information content (AvgIpc) is 2.75. The molecule has 0 saturated heterocycles. The average molecular weight is 423 g/mol. The van der Waals surface area contributed by atoms with Crippen molar-refractivity contribution in [1.82, 2.24) is 0 Å². The van der Waals surface area contributed by atoms with Crippen molar-refractivity contribution >= 4 is 22.6 Å². The third-order valence-corrected chi connectivity index (χ3v) is 4.98. The molecule has 1 amide bonds. The number of hydrogen-bond acceptors (Lipinski definition) is 6. The van der Waals surface area contributed by atoms with E-state index in [1.54, 1.807) is 44.4 Å². The summed E-state index contributed by atoms with van der Waals surface area (Å²) in [6, 6.07) is 8.21. The molecule has 1 aromatic heterocycles. The number of benzene rings is 2. The molecule has 0 atom stereocenters. The second-order valence-corrected chi connectivity index (χ2v) is 7.35. The molecule has 0 spiro atoms. The first kappa shape index (κ1) is 22.0. The van der Waals surface area contributed by atoms with Crippen LogP contribution in [-0.4, -0.2) is 25.2 Å². The number of methoxy groups -OCH3 is 2. The van der Waals surface area contributed by atoms with Crippen molar-refractivity contribution in [3.8, 4) is 17.2 Å². The number of aryl methyl sites for hydroxylation is 1. The van der Waals surface area contributed by atoms with Gasteiger partial charge in [-0.1, -0.05) is 11.6 Å². The Hall–Kier alpha value is -3.74. The SMILES string of the molecule is COc1ccc(C(=O)Nc2c(O)c3ccc(OC)c(C)c3oc2=O)cc1CC=C(C)C. The van der Waals surface area contributed by atoms with Gasteiger partial charge in [0.05, 0.1) is 19.6 Å². The molecular weight excluding hydrogens is 398 g/mol. The van der Waals surface area contributed by atoms with E-state index in [0.29, 0.717) is 34.4 Å². The molecule has 0 radical (unpaired) electrons. The first-order chi connectivity index (χ1) is 14.8. The molecule has 31 heavy (non-hydrogen) atoms. The van der Waals surface area contributed by atoms with E-state index in [2.05, 4.69) is 5.32 Å². The van der Waals surface area contributed by atoms with E-state index in [9.17, 15) is 14.7 Å². The van der Waals surface area contributed by atoms with Gasteiger partial charge in [-0.15, -0.1) is 0 Å². The van der Waals surface area contributed by atoms with Gasteiger partial charge in [0.15, 0.2) is 11.4 Å². The number of rotatable bonds is 6. The smallest absolute Gasteiger partial charge is 0.364 e. The second-order valence-electron chi connectivity index (χ2n) is 7.35. The predicted molar refractivity (Wildman–Crippen MR) is 120 cm³/mol. The van der Waals surface area contributed by atoms with Crippen LogP contribution in [0, 0.1) is 6.92 Å². The van der Waals surface area contributed by atoms with Gasteiger partial charge >= 0.3 is 5.63 Å². The van der Waals surface area contributed by atoms with Crippen LogP contribution in [0.3, 0.4) is 0 Å². The molecule has 0 aliphatic carbocycles. The fourth-order valence-corrected chi connectivity index (χ4v) is 3.28. The van der Waals surface area contributed by atoms with E-state index in [4.69, 9.17) is 13.9 Å². The lowest BCUT2D eigenvalue weighted by Crippen LogP contribution is -2.18. The van der Waals surface area contributed by atoms with Crippen LogP contribution in [0.4, 0.5) is 5.69 Å². The molecule has 3 aromatic rings. The number of amides is 1. The van der Waals surface area contributed by atoms with E-state index in [-0.39, 0.29) is 17.0 Å². The fourth-order valence-electron chi connectivity index (χ4n) is 3.28. The summed E-state index contributed by atoms with van der Waals surface area (Å²) in [6.07, 6.45) is 2.62. The van der Waals surface area contributed by atoms with E-state index < -0.39 is 11.5 Å². The number of carbonyl (C=O) groups is 1. The lowest BCUT2D eigenvalue weighted by atomic mass is 10.0. The normalized spacial score (nSPS) is 10.6. The van der Waals surface area contributed by atoms with Crippen molar-refractivity contribution in [3.05, 3.63) is 69.1 Å². The Kier molecular flexibility index (Phi) is 6.34. The molecule has 0 saturated carbocycles. The lowest BCUT2D eigenvalue weighted by Gasteiger charge is -2.12. The van der Waals surface area contributed by atoms with Gasteiger partial charge in [-0.25, -0.2) is 4.79 Å². The summed E-state index contributed by atoms with van der Waals surface area (Å²) < 4.78 is 16.0. The van der Waals surface area contributed by atoms with Gasteiger partial charge in [-0.05, 0) is 63.1 Å². The molecule has 2 aromatic carbocycles. The monoisotopic (exact) mass is 423 g/mol. The van der Waals surface area contributed by atoms with Crippen molar-refractivity contribution < 1.29 is 23.8 Å². The molecule has 0 unspecified atom stereocenters. The quantitative estimate of drug-likeness (QED) is 0.445. The molecule has 3 rings (SSSR count). The van der Waals surface area contributed by atoms with Crippen LogP contribution in [0.1, 0.15) is 35.3 Å². The van der Waals surface area contributed by atoms with E-state index in [1.807, 2.05) is 19.9 Å². The van der Waals surface area contributed by atoms with Crippen LogP contribution in [0.25, 0.3) is 11.0 Å². The number of fused-ring (bicyclic) bond motifs is 1. The van der Waals surface area contributed by atoms with Gasteiger partial charge in [0.25, 0.3) is 5.91 Å². The molecule has 7 nitrogen and oxygen atoms in total. The minimum Gasteiger partial charge on any atom is -0.505 e. The Bertz CT molecular complexity index is 1240. The van der Waals surface area contributed by atoms with Gasteiger partial charge in [0, 0.05) is 11.1 Å². The Morgan fingerprint density at radius 3 is 2.45 bits per heavy atom. The minimum atomic E-state index is -0.854. The molecule has 162 valence electrons. The highest BCUT2D eigenvalue weighted by atomic mass is 16.5. The number of nitrogens with one attached hydrogen (secondary N) is 1. The molecule has 0 aliphatic rings. The zero-order chi connectivity index (χ0) is 22.7. The summed E-state index contributed by atoms with van der Waals surface area (Å²) >= 11 is 0. The molecular formula is C24H25NO6. The third kappa shape index (κ3) is 4.40. The second kappa shape index (κ2) is 8.95. The van der Waals surface area contributed by atoms with Gasteiger partial charge in [-0.3, -0.25) is 4.79 Å². The Morgan fingerprint density at radius 2 is 1.81 bits per heavy atom. The first-order valence-corrected chi connectivity index (χ1v) is 9.71. The fraction of sp³-hybridized carbons (Fsp3) is 0.250. The molecule has 0 fully saturated rings. The van der Waals surface area contributed by atoms with Gasteiger partial charge < -0.3 is 24.3 Å². The Labute approximate surface area is 179 Å². The predicted octanol–water partition coefficient (Wildman–Crippen LogP) is 4.59. The highest BCUT2D eigenvalue weighted by Gasteiger charge is 2.20. The van der Waals surface area contributed by atoms with Crippen molar-refractivity contribution in [2.75, 3.05) is 19.5 Å². The summed E-state index contributed by atoms with van der Waals surface area (Å²) in [5.41, 5.74) is 1.90. The summed E-state index contributed by atoms with van der Waals surface area (Å²) in [5, 5.41) is 13.4. The van der Waals surface area contributed by atoms with Gasteiger partial charge in [0.2, 0.25) is 0 Å². The highest BCUT2D eigenvalue weighted by Crippen LogP contribution is 2.35. The number of anilines is 1. The third-order valence-electron chi connectivity index (χ3n) is 4.98. The zero-order valence-corrected chi connectivity index (χ0v) is 18.2. The van der Waals surface area contributed by atoms with E-state index in [1.165, 1.54) is 7.11 Å². The minimum absolute atomic E-state index is 0.202. The Morgan fingerprint density at radius 1 is 1.13 bits per heavy atom. The molecule has 7 heteroatoms. The molecule has 2 N–H and O–H groups in total. The number of hydrogen-bond donors (Lipinski definition) is 2. The van der Waals surface area contributed by atoms with E-state index in [0.717, 1.165) is 11.1 Å². The molecule has 0 aliphatic heterocycles. The summed E-state index contributed by atoms with van der Waals surface area (Å²) in [4.78, 5) is 25.3. The maximum absolute atomic E-state index is 12.8. The van der Waals surface area contributed by atoms with Crippen molar-refractivity contribution in [1.29, 1.82) is 0 Å². The van der Waals surface area contributed by atoms with E-state index >= 15 is 0 Å². The zero-order valence-electron chi connectivity index (χ0n) is 18.2. The summed E-state index contributed by atoms with van der Waals surface area (Å²) in [5.74, 6) is 0.275. The largest absolute Gasteiger partial charge is 0.505 e. The summed E-state index contributed by atoms with van der Waals surface area (Å²) in [6.45, 7) is 5.69. The topological polar surface area (TPSA) is 98.0 Å². The van der Waals surface area contributed by atoms with Crippen LogP contribution in [0.5, 0.6) is 17.2 Å². The maximum atomic E-state index is 12.8. The van der Waals surface area contributed by atoms with Crippen LogP contribution < -0.4 is 20.4 Å². The maximum Gasteiger partial charge on any atom is 0.364 e. The van der Waals surface area contributed by atoms with Crippen LogP contribution in [-0.2, 0) is 6.42 Å². The summed E-state index contributed by atoms with van der Waals surface area (Å²) in [7, 11) is 3.07. The van der Waals surface area contributed by atoms with Crippen molar-refractivity contribution in [2.45, 2.75) is 27.2 Å².